The summed E-state index contributed by atoms with van der Waals surface area (Å²) >= 11 is 6.33. The first kappa shape index (κ1) is 11.3. The van der Waals surface area contributed by atoms with Crippen LogP contribution < -0.4 is 5.32 Å². The molecule has 1 rings (SSSR count). The van der Waals surface area contributed by atoms with Crippen LogP contribution in [0.4, 0.5) is 5.88 Å². The van der Waals surface area contributed by atoms with E-state index < -0.39 is 5.97 Å². The zero-order chi connectivity index (χ0) is 10.7. The molecule has 2 N–H and O–H groups in total. The van der Waals surface area contributed by atoms with Crippen molar-refractivity contribution >= 4 is 43.7 Å². The number of halogens is 2. The van der Waals surface area contributed by atoms with E-state index in [4.69, 9.17) is 9.52 Å². The Morgan fingerprint density at radius 3 is 2.79 bits per heavy atom. The van der Waals surface area contributed by atoms with Crippen molar-refractivity contribution in [1.29, 1.82) is 0 Å². The number of nitrogens with one attached hydrogen (secondary N) is 1. The first-order valence-corrected chi connectivity index (χ1v) is 5.19. The van der Waals surface area contributed by atoms with Crippen LogP contribution in [0.15, 0.2) is 26.0 Å². The summed E-state index contributed by atoms with van der Waals surface area (Å²) in [4.78, 5) is 10.5. The van der Waals surface area contributed by atoms with Gasteiger partial charge in [-0.15, -0.1) is 0 Å². The molecule has 0 amide bonds. The summed E-state index contributed by atoms with van der Waals surface area (Å²) in [7, 11) is 0. The van der Waals surface area contributed by atoms with Crippen molar-refractivity contribution in [3.8, 4) is 0 Å². The summed E-state index contributed by atoms with van der Waals surface area (Å²) < 4.78 is 6.33. The highest BCUT2D eigenvalue weighted by atomic mass is 79.9. The standard InChI is InChI=1S/C8H7Br2NO3/c1-4(9)3-11-7-5(10)2-6(14-7)8(12)13/h2,11H,1,3H2,(H,12,13). The molecule has 76 valence electrons. The predicted octanol–water partition coefficient (Wildman–Crippen LogP) is 3.06. The molecule has 14 heavy (non-hydrogen) atoms. The van der Waals surface area contributed by atoms with Crippen LogP contribution in [0.25, 0.3) is 0 Å². The molecule has 1 heterocycles. The lowest BCUT2D eigenvalue weighted by Gasteiger charge is -2.00. The van der Waals surface area contributed by atoms with Gasteiger partial charge >= 0.3 is 5.97 Å². The first-order valence-electron chi connectivity index (χ1n) is 3.60. The van der Waals surface area contributed by atoms with Crippen molar-refractivity contribution in [1.82, 2.24) is 0 Å². The van der Waals surface area contributed by atoms with Gasteiger partial charge in [0, 0.05) is 17.1 Å². The zero-order valence-corrected chi connectivity index (χ0v) is 10.2. The Hall–Kier alpha value is -0.750. The van der Waals surface area contributed by atoms with Gasteiger partial charge in [0.05, 0.1) is 4.47 Å². The third-order valence-corrected chi connectivity index (χ3v) is 2.21. The lowest BCUT2D eigenvalue weighted by molar-refractivity contribution is 0.0663. The quantitative estimate of drug-likeness (QED) is 0.893. The SMILES string of the molecule is C=C(Br)CNc1oc(C(=O)O)cc1Br. The van der Waals surface area contributed by atoms with Crippen LogP contribution in [-0.4, -0.2) is 17.6 Å². The Labute approximate surface area is 97.2 Å². The summed E-state index contributed by atoms with van der Waals surface area (Å²) in [5.74, 6) is -0.834. The summed E-state index contributed by atoms with van der Waals surface area (Å²) in [5.41, 5.74) is 0. The molecular formula is C8H7Br2NO3. The Morgan fingerprint density at radius 1 is 1.71 bits per heavy atom. The number of hydrogen-bond acceptors (Lipinski definition) is 3. The van der Waals surface area contributed by atoms with Gasteiger partial charge in [-0.25, -0.2) is 4.79 Å². The number of anilines is 1. The maximum absolute atomic E-state index is 10.5. The van der Waals surface area contributed by atoms with E-state index in [2.05, 4.69) is 43.8 Å². The molecule has 1 aromatic rings. The zero-order valence-electron chi connectivity index (χ0n) is 7.01. The van der Waals surface area contributed by atoms with E-state index in [1.807, 2.05) is 0 Å². The Bertz CT molecular complexity index is 373. The van der Waals surface area contributed by atoms with Crippen molar-refractivity contribution in [3.63, 3.8) is 0 Å². The molecule has 0 aliphatic carbocycles. The first-order chi connectivity index (χ1) is 6.50. The van der Waals surface area contributed by atoms with Crippen LogP contribution in [0.3, 0.4) is 0 Å². The van der Waals surface area contributed by atoms with Gasteiger partial charge in [-0.1, -0.05) is 22.5 Å². The molecular weight excluding hydrogens is 318 g/mol. The second kappa shape index (κ2) is 4.65. The third kappa shape index (κ3) is 2.88. The topological polar surface area (TPSA) is 62.5 Å². The number of furan rings is 1. The Morgan fingerprint density at radius 2 is 2.36 bits per heavy atom. The lowest BCUT2D eigenvalue weighted by Crippen LogP contribution is -1.99. The molecule has 0 bridgehead atoms. The molecule has 0 unspecified atom stereocenters. The second-order valence-electron chi connectivity index (χ2n) is 2.46. The Balaban J connectivity index is 2.77. The van der Waals surface area contributed by atoms with Gasteiger partial charge in [0.2, 0.25) is 11.6 Å². The van der Waals surface area contributed by atoms with Gasteiger partial charge in [-0.3, -0.25) is 0 Å². The van der Waals surface area contributed by atoms with Crippen molar-refractivity contribution in [2.75, 3.05) is 11.9 Å². The highest BCUT2D eigenvalue weighted by molar-refractivity contribution is 9.11. The van der Waals surface area contributed by atoms with Crippen LogP contribution in [0.1, 0.15) is 10.6 Å². The van der Waals surface area contributed by atoms with Crippen molar-refractivity contribution in [2.45, 2.75) is 0 Å². The Kier molecular flexibility index (Phi) is 3.77. The van der Waals surface area contributed by atoms with Gasteiger partial charge in [-0.2, -0.15) is 0 Å². The number of aromatic carboxylic acids is 1. The molecule has 1 aromatic heterocycles. The third-order valence-electron chi connectivity index (χ3n) is 1.34. The molecule has 0 saturated heterocycles. The van der Waals surface area contributed by atoms with Crippen molar-refractivity contribution in [2.24, 2.45) is 0 Å². The summed E-state index contributed by atoms with van der Waals surface area (Å²) in [5, 5.41) is 11.5. The molecule has 0 aromatic carbocycles. The van der Waals surface area contributed by atoms with Crippen LogP contribution >= 0.6 is 31.9 Å². The van der Waals surface area contributed by atoms with Gasteiger partial charge in [0.15, 0.2) is 0 Å². The van der Waals surface area contributed by atoms with Gasteiger partial charge < -0.3 is 14.8 Å². The molecule has 0 radical (unpaired) electrons. The summed E-state index contributed by atoms with van der Waals surface area (Å²) in [6.07, 6.45) is 0. The largest absolute Gasteiger partial charge is 0.475 e. The lowest BCUT2D eigenvalue weighted by atomic mass is 10.4. The van der Waals surface area contributed by atoms with E-state index in [1.54, 1.807) is 0 Å². The smallest absolute Gasteiger partial charge is 0.371 e. The number of carbonyl (C=O) groups is 1. The van der Waals surface area contributed by atoms with Gasteiger partial charge in [0.1, 0.15) is 0 Å². The molecule has 0 spiro atoms. The molecule has 0 saturated carbocycles. The molecule has 0 fully saturated rings. The van der Waals surface area contributed by atoms with E-state index in [0.717, 1.165) is 4.48 Å². The van der Waals surface area contributed by atoms with Gasteiger partial charge in [0.25, 0.3) is 0 Å². The number of hydrogen-bond donors (Lipinski definition) is 2. The maximum Gasteiger partial charge on any atom is 0.371 e. The van der Waals surface area contributed by atoms with Crippen LogP contribution in [0.5, 0.6) is 0 Å². The highest BCUT2D eigenvalue weighted by Crippen LogP contribution is 2.27. The second-order valence-corrected chi connectivity index (χ2v) is 4.44. The minimum absolute atomic E-state index is 0.112. The average Bonchev–Trinajstić information content (AvgIpc) is 2.43. The van der Waals surface area contributed by atoms with Crippen LogP contribution in [-0.2, 0) is 0 Å². The van der Waals surface area contributed by atoms with Crippen molar-refractivity contribution < 1.29 is 14.3 Å². The predicted molar refractivity (Wildman–Crippen MR) is 59.9 cm³/mol. The summed E-state index contributed by atoms with van der Waals surface area (Å²) in [6, 6.07) is 1.39. The fourth-order valence-corrected chi connectivity index (χ4v) is 1.34. The fourth-order valence-electron chi connectivity index (χ4n) is 0.771. The highest BCUT2D eigenvalue weighted by Gasteiger charge is 2.13. The molecule has 0 aliphatic heterocycles. The van der Waals surface area contributed by atoms with Crippen LogP contribution in [0, 0.1) is 0 Å². The normalized spacial score (nSPS) is 9.86. The molecule has 4 nitrogen and oxygen atoms in total. The minimum atomic E-state index is -1.10. The average molecular weight is 325 g/mol. The van der Waals surface area contributed by atoms with E-state index >= 15 is 0 Å². The number of rotatable bonds is 4. The molecule has 0 atom stereocenters. The fraction of sp³-hybridized carbons (Fsp3) is 0.125. The maximum atomic E-state index is 10.5. The summed E-state index contributed by atoms with van der Waals surface area (Å²) in [6.45, 7) is 4.09. The molecule has 0 aliphatic rings. The van der Waals surface area contributed by atoms with E-state index in [1.165, 1.54) is 6.07 Å². The minimum Gasteiger partial charge on any atom is -0.475 e. The van der Waals surface area contributed by atoms with Crippen molar-refractivity contribution in [3.05, 3.63) is 27.4 Å². The van der Waals surface area contributed by atoms with E-state index in [0.29, 0.717) is 16.9 Å². The number of carboxylic acid groups (broad SMARTS) is 1. The van der Waals surface area contributed by atoms with Gasteiger partial charge in [-0.05, 0) is 15.9 Å². The van der Waals surface area contributed by atoms with E-state index in [9.17, 15) is 4.79 Å². The van der Waals surface area contributed by atoms with E-state index in [-0.39, 0.29) is 5.76 Å². The monoisotopic (exact) mass is 323 g/mol. The van der Waals surface area contributed by atoms with Crippen LogP contribution in [0.2, 0.25) is 0 Å². The molecule has 6 heteroatoms. The number of carboxylic acids is 1.